The molecule has 0 fully saturated rings. The maximum atomic E-state index is 8.56. The molecule has 0 aliphatic heterocycles. The molecule has 0 saturated heterocycles. The third-order valence-electron chi connectivity index (χ3n) is 1.26. The van der Waals surface area contributed by atoms with E-state index in [1.54, 1.807) is 0 Å². The molecule has 0 spiro atoms. The largest absolute Gasteiger partial charge is 0.503 e. The van der Waals surface area contributed by atoms with Gasteiger partial charge in [-0.25, -0.2) is 4.79 Å². The quantitative estimate of drug-likeness (QED) is 0.574. The molecule has 1 atom stereocenters. The summed E-state index contributed by atoms with van der Waals surface area (Å²) in [6, 6.07) is 0.404. The molecule has 0 aliphatic rings. The summed E-state index contributed by atoms with van der Waals surface area (Å²) in [7, 11) is 0. The van der Waals surface area contributed by atoms with Crippen LogP contribution in [-0.4, -0.2) is 22.4 Å². The average Bonchev–Trinajstić information content (AvgIpc) is 1.86. The van der Waals surface area contributed by atoms with E-state index in [0.29, 0.717) is 6.04 Å². The van der Waals surface area contributed by atoms with Crippen LogP contribution in [0.15, 0.2) is 0 Å². The summed E-state index contributed by atoms with van der Waals surface area (Å²) in [4.78, 5) is 8.56. The molecule has 0 aliphatic carbocycles. The first-order chi connectivity index (χ1) is 5.50. The highest BCUT2D eigenvalue weighted by atomic mass is 16.6. The Morgan fingerprint density at radius 1 is 1.42 bits per heavy atom. The van der Waals surface area contributed by atoms with Crippen molar-refractivity contribution in [2.24, 2.45) is 5.73 Å². The van der Waals surface area contributed by atoms with Gasteiger partial charge in [0.05, 0.1) is 0 Å². The third kappa shape index (κ3) is 34.9. The van der Waals surface area contributed by atoms with Crippen molar-refractivity contribution >= 4 is 6.16 Å². The number of hydrogen-bond acceptors (Lipinski definition) is 2. The summed E-state index contributed by atoms with van der Waals surface area (Å²) in [6.07, 6.45) is 3.29. The second-order valence-corrected chi connectivity index (χ2v) is 2.76. The molecule has 0 aromatic rings. The van der Waals surface area contributed by atoms with Crippen LogP contribution < -0.4 is 5.73 Å². The van der Waals surface area contributed by atoms with Crippen molar-refractivity contribution in [1.29, 1.82) is 0 Å². The monoisotopic (exact) mass is 177 g/mol. The summed E-state index contributed by atoms with van der Waals surface area (Å²) in [5.41, 5.74) is 5.53. The van der Waals surface area contributed by atoms with Crippen LogP contribution in [-0.2, 0) is 0 Å². The molecule has 12 heavy (non-hydrogen) atoms. The van der Waals surface area contributed by atoms with Gasteiger partial charge < -0.3 is 15.9 Å². The van der Waals surface area contributed by atoms with Gasteiger partial charge in [-0.2, -0.15) is 0 Å². The Labute approximate surface area is 73.4 Å². The first-order valence-corrected chi connectivity index (χ1v) is 4.18. The molecule has 4 nitrogen and oxygen atoms in total. The van der Waals surface area contributed by atoms with Gasteiger partial charge >= 0.3 is 6.16 Å². The van der Waals surface area contributed by atoms with Gasteiger partial charge in [-0.05, 0) is 13.3 Å². The van der Waals surface area contributed by atoms with Crippen molar-refractivity contribution in [2.45, 2.75) is 45.6 Å². The fraction of sp³-hybridized carbons (Fsp3) is 0.875. The Balaban J connectivity index is 0. The Hall–Kier alpha value is -0.770. The van der Waals surface area contributed by atoms with Gasteiger partial charge in [-0.1, -0.05) is 26.2 Å². The Morgan fingerprint density at radius 3 is 2.08 bits per heavy atom. The molecule has 0 aromatic carbocycles. The molecular formula is C8H19NO3. The molecular weight excluding hydrogens is 158 g/mol. The van der Waals surface area contributed by atoms with E-state index in [1.807, 2.05) is 0 Å². The van der Waals surface area contributed by atoms with E-state index in [-0.39, 0.29) is 0 Å². The van der Waals surface area contributed by atoms with Gasteiger partial charge in [-0.15, -0.1) is 0 Å². The molecule has 0 bridgehead atoms. The predicted molar refractivity (Wildman–Crippen MR) is 48.4 cm³/mol. The molecule has 0 saturated carbocycles. The normalized spacial score (nSPS) is 11.2. The van der Waals surface area contributed by atoms with Crippen molar-refractivity contribution in [3.8, 4) is 0 Å². The number of carbonyl (C=O) groups is 1. The molecule has 4 heteroatoms. The lowest BCUT2D eigenvalue weighted by Crippen LogP contribution is -2.13. The van der Waals surface area contributed by atoms with Crippen LogP contribution in [0.3, 0.4) is 0 Å². The molecule has 74 valence electrons. The standard InChI is InChI=1S/C7H17N.CH2O3/c1-3-4-5-6-7(2)8;2-1(3)4/h7H,3-6,8H2,1-2H3;(H2,2,3,4). The van der Waals surface area contributed by atoms with Crippen molar-refractivity contribution in [2.75, 3.05) is 0 Å². The molecule has 0 radical (unpaired) electrons. The zero-order chi connectivity index (χ0) is 9.98. The van der Waals surface area contributed by atoms with Crippen LogP contribution in [0.2, 0.25) is 0 Å². The molecule has 1 unspecified atom stereocenters. The number of hydrogen-bond donors (Lipinski definition) is 3. The first-order valence-electron chi connectivity index (χ1n) is 4.18. The van der Waals surface area contributed by atoms with E-state index in [2.05, 4.69) is 13.8 Å². The number of rotatable bonds is 4. The van der Waals surface area contributed by atoms with E-state index in [9.17, 15) is 0 Å². The smallest absolute Gasteiger partial charge is 0.450 e. The summed E-state index contributed by atoms with van der Waals surface area (Å²) in [5, 5.41) is 13.9. The lowest BCUT2D eigenvalue weighted by Gasteiger charge is -2.01. The van der Waals surface area contributed by atoms with Gasteiger partial charge in [0, 0.05) is 6.04 Å². The molecule has 4 N–H and O–H groups in total. The topological polar surface area (TPSA) is 83.6 Å². The highest BCUT2D eigenvalue weighted by Gasteiger charge is 1.90. The van der Waals surface area contributed by atoms with Crippen molar-refractivity contribution in [1.82, 2.24) is 0 Å². The van der Waals surface area contributed by atoms with Crippen LogP contribution >= 0.6 is 0 Å². The van der Waals surface area contributed by atoms with E-state index >= 15 is 0 Å². The van der Waals surface area contributed by atoms with Crippen LogP contribution in [0.1, 0.15) is 39.5 Å². The number of nitrogens with two attached hydrogens (primary N) is 1. The second kappa shape index (κ2) is 10.2. The fourth-order valence-corrected chi connectivity index (χ4v) is 0.716. The van der Waals surface area contributed by atoms with Crippen LogP contribution in [0.5, 0.6) is 0 Å². The van der Waals surface area contributed by atoms with E-state index < -0.39 is 6.16 Å². The zero-order valence-corrected chi connectivity index (χ0v) is 7.79. The van der Waals surface area contributed by atoms with Gasteiger partial charge in [0.1, 0.15) is 0 Å². The predicted octanol–water partition coefficient (Wildman–Crippen LogP) is 2.14. The van der Waals surface area contributed by atoms with E-state index in [4.69, 9.17) is 20.7 Å². The van der Waals surface area contributed by atoms with Gasteiger partial charge in [-0.3, -0.25) is 0 Å². The summed E-state index contributed by atoms with van der Waals surface area (Å²) < 4.78 is 0. The van der Waals surface area contributed by atoms with Crippen molar-refractivity contribution in [3.63, 3.8) is 0 Å². The minimum Gasteiger partial charge on any atom is -0.450 e. The Bertz CT molecular complexity index is 100. The van der Waals surface area contributed by atoms with Crippen LogP contribution in [0.25, 0.3) is 0 Å². The molecule has 0 heterocycles. The van der Waals surface area contributed by atoms with E-state index in [1.165, 1.54) is 25.7 Å². The lowest BCUT2D eigenvalue weighted by molar-refractivity contribution is 0.137. The molecule has 0 amide bonds. The minimum absolute atomic E-state index is 0.404. The fourth-order valence-electron chi connectivity index (χ4n) is 0.716. The summed E-state index contributed by atoms with van der Waals surface area (Å²) >= 11 is 0. The van der Waals surface area contributed by atoms with Crippen molar-refractivity contribution < 1.29 is 15.0 Å². The minimum atomic E-state index is -1.83. The lowest BCUT2D eigenvalue weighted by atomic mass is 10.1. The first kappa shape index (κ1) is 13.8. The maximum Gasteiger partial charge on any atom is 0.503 e. The second-order valence-electron chi connectivity index (χ2n) is 2.76. The highest BCUT2D eigenvalue weighted by Crippen LogP contribution is 1.99. The van der Waals surface area contributed by atoms with Gasteiger partial charge in [0.2, 0.25) is 0 Å². The van der Waals surface area contributed by atoms with Crippen LogP contribution in [0.4, 0.5) is 4.79 Å². The van der Waals surface area contributed by atoms with Crippen molar-refractivity contribution in [3.05, 3.63) is 0 Å². The van der Waals surface area contributed by atoms with E-state index in [0.717, 1.165) is 0 Å². The number of unbranched alkanes of at least 4 members (excludes halogenated alkanes) is 2. The Kier molecular flexibility index (Phi) is 11.8. The average molecular weight is 177 g/mol. The highest BCUT2D eigenvalue weighted by molar-refractivity contribution is 5.53. The van der Waals surface area contributed by atoms with Gasteiger partial charge in [0.25, 0.3) is 0 Å². The number of carboxylic acid groups (broad SMARTS) is 2. The molecule has 0 aromatic heterocycles. The SMILES string of the molecule is CCCCCC(C)N.O=C(O)O. The van der Waals surface area contributed by atoms with Crippen LogP contribution in [0, 0.1) is 0 Å². The Morgan fingerprint density at radius 2 is 1.83 bits per heavy atom. The third-order valence-corrected chi connectivity index (χ3v) is 1.26. The van der Waals surface area contributed by atoms with Gasteiger partial charge in [0.15, 0.2) is 0 Å². The zero-order valence-electron chi connectivity index (χ0n) is 7.79. The maximum absolute atomic E-state index is 8.56. The summed E-state index contributed by atoms with van der Waals surface area (Å²) in [6.45, 7) is 4.27. The summed E-state index contributed by atoms with van der Waals surface area (Å²) in [5.74, 6) is 0. The molecule has 0 rings (SSSR count).